The van der Waals surface area contributed by atoms with Crippen molar-refractivity contribution in [3.05, 3.63) is 0 Å². The molecule has 3 heteroatoms. The highest BCUT2D eigenvalue weighted by molar-refractivity contribution is 7.99. The van der Waals surface area contributed by atoms with Crippen LogP contribution in [0.5, 0.6) is 0 Å². The second-order valence-corrected chi connectivity index (χ2v) is 4.92. The van der Waals surface area contributed by atoms with Crippen LogP contribution in [0.3, 0.4) is 0 Å². The molecule has 0 aromatic carbocycles. The minimum Gasteiger partial charge on any atom is -0.380 e. The number of rotatable bonds is 9. The highest BCUT2D eigenvalue weighted by Gasteiger charge is 2.07. The summed E-state index contributed by atoms with van der Waals surface area (Å²) in [4.78, 5) is 0. The molecule has 1 atom stereocenters. The summed E-state index contributed by atoms with van der Waals surface area (Å²) in [5.74, 6) is 3.19. The molecule has 0 amide bonds. The maximum Gasteiger partial charge on any atom is 0.0627 e. The van der Waals surface area contributed by atoms with E-state index in [0.717, 1.165) is 31.4 Å². The largest absolute Gasteiger partial charge is 0.380 e. The zero-order valence-corrected chi connectivity index (χ0v) is 10.8. The lowest BCUT2D eigenvalue weighted by molar-refractivity contribution is 0.129. The maximum absolute atomic E-state index is 5.43. The Kier molecular flexibility index (Phi) is 10.0. The number of hydrogen-bond donors (Lipinski definition) is 1. The molecule has 0 saturated heterocycles. The van der Waals surface area contributed by atoms with E-state index in [9.17, 15) is 0 Å². The van der Waals surface area contributed by atoms with E-state index in [-0.39, 0.29) is 0 Å². The van der Waals surface area contributed by atoms with Crippen molar-refractivity contribution >= 4 is 11.8 Å². The van der Waals surface area contributed by atoms with Crippen LogP contribution in [-0.4, -0.2) is 37.3 Å². The van der Waals surface area contributed by atoms with Crippen LogP contribution in [0.25, 0.3) is 0 Å². The molecule has 0 spiro atoms. The Hall–Kier alpha value is 0.270. The standard InChI is InChI=1S/C11H25NOS/c1-5-12-11(7-13-6-2)9-14-8-10(3)4/h10-12H,5-9H2,1-4H3. The lowest BCUT2D eigenvalue weighted by atomic mass is 10.3. The molecule has 1 unspecified atom stereocenters. The van der Waals surface area contributed by atoms with Crippen LogP contribution in [0, 0.1) is 5.92 Å². The number of thioether (sulfide) groups is 1. The maximum atomic E-state index is 5.43. The third-order valence-electron chi connectivity index (χ3n) is 1.79. The van der Waals surface area contributed by atoms with Gasteiger partial charge in [0.05, 0.1) is 6.61 Å². The predicted octanol–water partition coefficient (Wildman–Crippen LogP) is 2.39. The Labute approximate surface area is 93.2 Å². The van der Waals surface area contributed by atoms with E-state index >= 15 is 0 Å². The second-order valence-electron chi connectivity index (χ2n) is 3.85. The highest BCUT2D eigenvalue weighted by atomic mass is 32.2. The Morgan fingerprint density at radius 1 is 1.21 bits per heavy atom. The van der Waals surface area contributed by atoms with Crippen LogP contribution in [0.15, 0.2) is 0 Å². The van der Waals surface area contributed by atoms with Crippen LogP contribution in [0.4, 0.5) is 0 Å². The number of likely N-dealkylation sites (N-methyl/N-ethyl adjacent to an activating group) is 1. The topological polar surface area (TPSA) is 21.3 Å². The zero-order valence-electron chi connectivity index (χ0n) is 10.0. The molecule has 14 heavy (non-hydrogen) atoms. The van der Waals surface area contributed by atoms with Crippen molar-refractivity contribution in [1.29, 1.82) is 0 Å². The average Bonchev–Trinajstić information content (AvgIpc) is 2.13. The lowest BCUT2D eigenvalue weighted by Gasteiger charge is -2.17. The van der Waals surface area contributed by atoms with Gasteiger partial charge in [0.15, 0.2) is 0 Å². The van der Waals surface area contributed by atoms with Gasteiger partial charge in [-0.15, -0.1) is 0 Å². The van der Waals surface area contributed by atoms with Gasteiger partial charge in [-0.1, -0.05) is 20.8 Å². The molecule has 0 bridgehead atoms. The Morgan fingerprint density at radius 3 is 2.43 bits per heavy atom. The number of hydrogen-bond acceptors (Lipinski definition) is 3. The minimum absolute atomic E-state index is 0.517. The fraction of sp³-hybridized carbons (Fsp3) is 1.00. The monoisotopic (exact) mass is 219 g/mol. The summed E-state index contributed by atoms with van der Waals surface area (Å²) < 4.78 is 5.43. The van der Waals surface area contributed by atoms with Gasteiger partial charge in [-0.2, -0.15) is 11.8 Å². The van der Waals surface area contributed by atoms with Crippen LogP contribution in [0.2, 0.25) is 0 Å². The molecular formula is C11H25NOS. The van der Waals surface area contributed by atoms with Gasteiger partial charge in [-0.05, 0) is 25.1 Å². The lowest BCUT2D eigenvalue weighted by Crippen LogP contribution is -2.35. The van der Waals surface area contributed by atoms with Gasteiger partial charge < -0.3 is 10.1 Å². The molecule has 1 N–H and O–H groups in total. The zero-order chi connectivity index (χ0) is 10.8. The Bertz CT molecular complexity index is 120. The summed E-state index contributed by atoms with van der Waals surface area (Å²) in [6.07, 6.45) is 0. The molecule has 0 heterocycles. The quantitative estimate of drug-likeness (QED) is 0.643. The molecule has 0 saturated carbocycles. The Morgan fingerprint density at radius 2 is 1.93 bits per heavy atom. The fourth-order valence-electron chi connectivity index (χ4n) is 1.16. The molecule has 0 rings (SSSR count). The first-order valence-corrected chi connectivity index (χ1v) is 6.75. The summed E-state index contributed by atoms with van der Waals surface area (Å²) in [5.41, 5.74) is 0. The number of ether oxygens (including phenoxy) is 1. The minimum atomic E-state index is 0.517. The van der Waals surface area contributed by atoms with E-state index in [0.29, 0.717) is 6.04 Å². The summed E-state index contributed by atoms with van der Waals surface area (Å²) in [6, 6.07) is 0.517. The van der Waals surface area contributed by atoms with Crippen molar-refractivity contribution in [2.24, 2.45) is 5.92 Å². The van der Waals surface area contributed by atoms with Gasteiger partial charge in [0.2, 0.25) is 0 Å². The smallest absolute Gasteiger partial charge is 0.0627 e. The van der Waals surface area contributed by atoms with Crippen LogP contribution in [0.1, 0.15) is 27.7 Å². The first-order chi connectivity index (χ1) is 6.70. The fourth-order valence-corrected chi connectivity index (χ4v) is 2.27. The Balaban J connectivity index is 3.50. The summed E-state index contributed by atoms with van der Waals surface area (Å²) in [7, 11) is 0. The molecule has 0 aromatic rings. The predicted molar refractivity (Wildman–Crippen MR) is 66.1 cm³/mol. The third kappa shape index (κ3) is 8.85. The molecule has 0 aliphatic heterocycles. The van der Waals surface area contributed by atoms with Gasteiger partial charge in [0.1, 0.15) is 0 Å². The molecule has 0 aliphatic carbocycles. The molecule has 2 nitrogen and oxygen atoms in total. The summed E-state index contributed by atoms with van der Waals surface area (Å²) in [5, 5.41) is 3.45. The van der Waals surface area contributed by atoms with E-state index in [2.05, 4.69) is 26.1 Å². The highest BCUT2D eigenvalue weighted by Crippen LogP contribution is 2.09. The second kappa shape index (κ2) is 9.81. The van der Waals surface area contributed by atoms with Crippen molar-refractivity contribution < 1.29 is 4.74 Å². The van der Waals surface area contributed by atoms with E-state index in [4.69, 9.17) is 4.74 Å². The first kappa shape index (κ1) is 14.3. The SMILES string of the molecule is CCNC(COCC)CSCC(C)C. The molecule has 0 radical (unpaired) electrons. The molecular weight excluding hydrogens is 194 g/mol. The average molecular weight is 219 g/mol. The molecule has 0 aromatic heterocycles. The van der Waals surface area contributed by atoms with Gasteiger partial charge >= 0.3 is 0 Å². The van der Waals surface area contributed by atoms with E-state index in [1.165, 1.54) is 5.75 Å². The summed E-state index contributed by atoms with van der Waals surface area (Å²) >= 11 is 2.02. The van der Waals surface area contributed by atoms with Crippen LogP contribution < -0.4 is 5.32 Å². The van der Waals surface area contributed by atoms with Gasteiger partial charge in [-0.25, -0.2) is 0 Å². The van der Waals surface area contributed by atoms with E-state index in [1.807, 2.05) is 18.7 Å². The van der Waals surface area contributed by atoms with Gasteiger partial charge in [0, 0.05) is 18.4 Å². The van der Waals surface area contributed by atoms with Crippen molar-refractivity contribution in [2.45, 2.75) is 33.7 Å². The van der Waals surface area contributed by atoms with Crippen LogP contribution >= 0.6 is 11.8 Å². The normalized spacial score (nSPS) is 13.5. The van der Waals surface area contributed by atoms with Crippen molar-refractivity contribution in [2.75, 3.05) is 31.3 Å². The van der Waals surface area contributed by atoms with Gasteiger partial charge in [0.25, 0.3) is 0 Å². The molecule has 0 aliphatic rings. The van der Waals surface area contributed by atoms with E-state index < -0.39 is 0 Å². The number of nitrogens with one attached hydrogen (secondary N) is 1. The molecule has 86 valence electrons. The van der Waals surface area contributed by atoms with Crippen LogP contribution in [-0.2, 0) is 4.74 Å². The van der Waals surface area contributed by atoms with Crippen molar-refractivity contribution in [1.82, 2.24) is 5.32 Å². The van der Waals surface area contributed by atoms with E-state index in [1.54, 1.807) is 0 Å². The van der Waals surface area contributed by atoms with Gasteiger partial charge in [-0.3, -0.25) is 0 Å². The first-order valence-electron chi connectivity index (χ1n) is 5.59. The van der Waals surface area contributed by atoms with Crippen molar-refractivity contribution in [3.8, 4) is 0 Å². The molecule has 0 fully saturated rings. The van der Waals surface area contributed by atoms with Crippen molar-refractivity contribution in [3.63, 3.8) is 0 Å². The summed E-state index contributed by atoms with van der Waals surface area (Å²) in [6.45, 7) is 11.4. The third-order valence-corrected chi connectivity index (χ3v) is 3.33.